The monoisotopic (exact) mass is 140 g/mol. The molecule has 0 unspecified atom stereocenters. The van der Waals surface area contributed by atoms with Gasteiger partial charge in [0.1, 0.15) is 0 Å². The highest BCUT2D eigenvalue weighted by Crippen LogP contribution is 2.51. The van der Waals surface area contributed by atoms with Crippen molar-refractivity contribution in [3.8, 4) is 0 Å². The van der Waals surface area contributed by atoms with Crippen LogP contribution >= 0.6 is 0 Å². The van der Waals surface area contributed by atoms with Crippen molar-refractivity contribution < 1.29 is 5.11 Å². The van der Waals surface area contributed by atoms with Gasteiger partial charge >= 0.3 is 0 Å². The maximum Gasteiger partial charge on any atom is 0.0464 e. The summed E-state index contributed by atoms with van der Waals surface area (Å²) in [7, 11) is 0. The van der Waals surface area contributed by atoms with E-state index in [-0.39, 0.29) is 0 Å². The number of hydrogen-bond acceptors (Lipinski definition) is 1. The van der Waals surface area contributed by atoms with Crippen molar-refractivity contribution >= 4 is 0 Å². The first kappa shape index (κ1) is 6.66. The molecule has 1 nitrogen and oxygen atoms in total. The van der Waals surface area contributed by atoms with Gasteiger partial charge < -0.3 is 5.11 Å². The Kier molecular flexibility index (Phi) is 1.48. The van der Waals surface area contributed by atoms with Gasteiger partial charge in [-0.05, 0) is 42.9 Å². The average molecular weight is 140 g/mol. The van der Waals surface area contributed by atoms with Crippen molar-refractivity contribution in [2.45, 2.75) is 26.2 Å². The average Bonchev–Trinajstić information content (AvgIpc) is 2.46. The fourth-order valence-electron chi connectivity index (χ4n) is 3.01. The van der Waals surface area contributed by atoms with Crippen LogP contribution in [0.2, 0.25) is 0 Å². The Bertz CT molecular complexity index is 131. The van der Waals surface area contributed by atoms with E-state index in [0.29, 0.717) is 12.5 Å². The third-order valence-corrected chi connectivity index (χ3v) is 3.75. The molecule has 4 atom stereocenters. The van der Waals surface area contributed by atoms with Crippen molar-refractivity contribution in [2.24, 2.45) is 23.7 Å². The second kappa shape index (κ2) is 2.23. The largest absolute Gasteiger partial charge is 0.396 e. The molecule has 0 spiro atoms. The lowest BCUT2D eigenvalue weighted by Crippen LogP contribution is -2.22. The lowest BCUT2D eigenvalue weighted by atomic mass is 9.81. The van der Waals surface area contributed by atoms with E-state index in [0.717, 1.165) is 17.8 Å². The Labute approximate surface area is 62.4 Å². The SMILES string of the molecule is C[C@H]1[C@H]2CC[C@H](C2)[C@H]1CO. The van der Waals surface area contributed by atoms with Crippen LogP contribution < -0.4 is 0 Å². The summed E-state index contributed by atoms with van der Waals surface area (Å²) < 4.78 is 0. The molecular formula is C9H16O. The second-order valence-electron chi connectivity index (χ2n) is 4.04. The van der Waals surface area contributed by atoms with Crippen LogP contribution in [-0.4, -0.2) is 11.7 Å². The molecule has 0 aliphatic heterocycles. The maximum atomic E-state index is 9.06. The number of hydrogen-bond donors (Lipinski definition) is 1. The van der Waals surface area contributed by atoms with Crippen LogP contribution in [0.3, 0.4) is 0 Å². The predicted molar refractivity (Wildman–Crippen MR) is 40.6 cm³/mol. The predicted octanol–water partition coefficient (Wildman–Crippen LogP) is 1.66. The van der Waals surface area contributed by atoms with Gasteiger partial charge in [0.15, 0.2) is 0 Å². The molecule has 0 aromatic heterocycles. The highest BCUT2D eigenvalue weighted by molar-refractivity contribution is 4.93. The molecule has 2 aliphatic carbocycles. The molecule has 2 saturated carbocycles. The topological polar surface area (TPSA) is 20.2 Å². The Hall–Kier alpha value is -0.0400. The molecule has 2 aliphatic rings. The van der Waals surface area contributed by atoms with Gasteiger partial charge in [-0.1, -0.05) is 6.92 Å². The molecule has 10 heavy (non-hydrogen) atoms. The molecule has 1 N–H and O–H groups in total. The number of aliphatic hydroxyl groups excluding tert-OH is 1. The molecule has 0 amide bonds. The van der Waals surface area contributed by atoms with Crippen molar-refractivity contribution in [1.82, 2.24) is 0 Å². The minimum Gasteiger partial charge on any atom is -0.396 e. The second-order valence-corrected chi connectivity index (χ2v) is 4.04. The summed E-state index contributed by atoms with van der Waals surface area (Å²) in [4.78, 5) is 0. The molecule has 2 bridgehead atoms. The van der Waals surface area contributed by atoms with Crippen LogP contribution in [-0.2, 0) is 0 Å². The Morgan fingerprint density at radius 3 is 2.40 bits per heavy atom. The van der Waals surface area contributed by atoms with Gasteiger partial charge in [0, 0.05) is 6.61 Å². The minimum absolute atomic E-state index is 0.433. The van der Waals surface area contributed by atoms with E-state index in [2.05, 4.69) is 6.92 Å². The Morgan fingerprint density at radius 2 is 2.00 bits per heavy atom. The zero-order valence-corrected chi connectivity index (χ0v) is 6.59. The van der Waals surface area contributed by atoms with E-state index >= 15 is 0 Å². The summed E-state index contributed by atoms with van der Waals surface area (Å²) in [5.74, 6) is 3.30. The van der Waals surface area contributed by atoms with Crippen molar-refractivity contribution in [3.63, 3.8) is 0 Å². The summed E-state index contributed by atoms with van der Waals surface area (Å²) in [5.41, 5.74) is 0. The highest BCUT2D eigenvalue weighted by Gasteiger charge is 2.44. The zero-order valence-electron chi connectivity index (χ0n) is 6.59. The maximum absolute atomic E-state index is 9.06. The number of fused-ring (bicyclic) bond motifs is 2. The van der Waals surface area contributed by atoms with E-state index in [4.69, 9.17) is 5.11 Å². The molecule has 2 fully saturated rings. The summed E-state index contributed by atoms with van der Waals surface area (Å²) in [6, 6.07) is 0. The Balaban J connectivity index is 2.10. The lowest BCUT2D eigenvalue weighted by molar-refractivity contribution is 0.134. The van der Waals surface area contributed by atoms with Crippen LogP contribution in [0.25, 0.3) is 0 Å². The molecule has 1 heteroatoms. The first-order valence-corrected chi connectivity index (χ1v) is 4.43. The molecule has 0 radical (unpaired) electrons. The van der Waals surface area contributed by atoms with Crippen molar-refractivity contribution in [2.75, 3.05) is 6.61 Å². The van der Waals surface area contributed by atoms with E-state index in [1.807, 2.05) is 0 Å². The summed E-state index contributed by atoms with van der Waals surface area (Å²) in [6.07, 6.45) is 4.23. The standard InChI is InChI=1S/C9H16O/c1-6-7-2-3-8(4-7)9(6)5-10/h6-10H,2-5H2,1H3/t6-,7-,8+,9-/m0/s1. The lowest BCUT2D eigenvalue weighted by Gasteiger charge is -2.25. The van der Waals surface area contributed by atoms with Gasteiger partial charge in [-0.2, -0.15) is 0 Å². The third-order valence-electron chi connectivity index (χ3n) is 3.75. The van der Waals surface area contributed by atoms with E-state index < -0.39 is 0 Å². The van der Waals surface area contributed by atoms with Crippen LogP contribution in [0.5, 0.6) is 0 Å². The molecule has 2 rings (SSSR count). The number of rotatable bonds is 1. The molecule has 0 aromatic carbocycles. The van der Waals surface area contributed by atoms with Crippen LogP contribution in [0, 0.1) is 23.7 Å². The van der Waals surface area contributed by atoms with Gasteiger partial charge in [-0.15, -0.1) is 0 Å². The fraction of sp³-hybridized carbons (Fsp3) is 1.00. The fourth-order valence-corrected chi connectivity index (χ4v) is 3.01. The van der Waals surface area contributed by atoms with E-state index in [1.165, 1.54) is 19.3 Å². The van der Waals surface area contributed by atoms with Gasteiger partial charge in [0.05, 0.1) is 0 Å². The van der Waals surface area contributed by atoms with E-state index in [9.17, 15) is 0 Å². The van der Waals surface area contributed by atoms with Crippen LogP contribution in [0.15, 0.2) is 0 Å². The molecule has 0 aromatic rings. The summed E-state index contributed by atoms with van der Waals surface area (Å²) in [5, 5.41) is 9.06. The quantitative estimate of drug-likeness (QED) is 0.587. The van der Waals surface area contributed by atoms with Gasteiger partial charge in [0.2, 0.25) is 0 Å². The van der Waals surface area contributed by atoms with Crippen molar-refractivity contribution in [3.05, 3.63) is 0 Å². The Morgan fingerprint density at radius 1 is 1.30 bits per heavy atom. The smallest absolute Gasteiger partial charge is 0.0464 e. The molecule has 0 saturated heterocycles. The first-order valence-electron chi connectivity index (χ1n) is 4.43. The summed E-state index contributed by atoms with van der Waals surface area (Å²) >= 11 is 0. The normalized spacial score (nSPS) is 52.2. The first-order chi connectivity index (χ1) is 4.83. The highest BCUT2D eigenvalue weighted by atomic mass is 16.3. The zero-order chi connectivity index (χ0) is 7.14. The van der Waals surface area contributed by atoms with Gasteiger partial charge in [0.25, 0.3) is 0 Å². The summed E-state index contributed by atoms with van der Waals surface area (Å²) in [6.45, 7) is 2.74. The van der Waals surface area contributed by atoms with Gasteiger partial charge in [-0.3, -0.25) is 0 Å². The van der Waals surface area contributed by atoms with Crippen LogP contribution in [0.1, 0.15) is 26.2 Å². The minimum atomic E-state index is 0.433. The van der Waals surface area contributed by atoms with Crippen molar-refractivity contribution in [1.29, 1.82) is 0 Å². The van der Waals surface area contributed by atoms with E-state index in [1.54, 1.807) is 0 Å². The number of aliphatic hydroxyl groups is 1. The molecular weight excluding hydrogens is 124 g/mol. The third kappa shape index (κ3) is 0.731. The van der Waals surface area contributed by atoms with Gasteiger partial charge in [-0.25, -0.2) is 0 Å². The van der Waals surface area contributed by atoms with Crippen LogP contribution in [0.4, 0.5) is 0 Å². The molecule has 0 heterocycles. The molecule has 58 valence electrons.